The van der Waals surface area contributed by atoms with E-state index in [-0.39, 0.29) is 6.04 Å². The molecular formula is C14H23N3. The molecule has 0 aromatic carbocycles. The number of pyridine rings is 1. The smallest absolute Gasteiger partial charge is 0.133 e. The Kier molecular flexibility index (Phi) is 4.00. The van der Waals surface area contributed by atoms with Gasteiger partial charge in [0.1, 0.15) is 5.82 Å². The first-order valence-electron chi connectivity index (χ1n) is 6.71. The Morgan fingerprint density at radius 1 is 1.53 bits per heavy atom. The summed E-state index contributed by atoms with van der Waals surface area (Å²) in [4.78, 5) is 7.02. The van der Waals surface area contributed by atoms with Gasteiger partial charge < -0.3 is 10.6 Å². The van der Waals surface area contributed by atoms with Gasteiger partial charge in [0.05, 0.1) is 0 Å². The summed E-state index contributed by atoms with van der Waals surface area (Å²) in [7, 11) is 0. The molecule has 0 amide bonds. The summed E-state index contributed by atoms with van der Waals surface area (Å²) < 4.78 is 0. The third-order valence-corrected chi connectivity index (χ3v) is 3.32. The van der Waals surface area contributed by atoms with Gasteiger partial charge in [-0.15, -0.1) is 0 Å². The van der Waals surface area contributed by atoms with Crippen LogP contribution in [0.1, 0.15) is 51.1 Å². The number of hydrogen-bond acceptors (Lipinski definition) is 3. The van der Waals surface area contributed by atoms with Crippen molar-refractivity contribution in [3.8, 4) is 0 Å². The molecule has 1 fully saturated rings. The Morgan fingerprint density at radius 3 is 2.88 bits per heavy atom. The summed E-state index contributed by atoms with van der Waals surface area (Å²) in [5, 5.41) is 0. The zero-order chi connectivity index (χ0) is 12.3. The van der Waals surface area contributed by atoms with Gasteiger partial charge in [-0.1, -0.05) is 19.4 Å². The highest BCUT2D eigenvalue weighted by atomic mass is 15.2. The Hall–Kier alpha value is -1.09. The first-order chi connectivity index (χ1) is 8.24. The Morgan fingerprint density at radius 2 is 2.29 bits per heavy atom. The Balaban J connectivity index is 2.22. The first kappa shape index (κ1) is 12.4. The molecule has 3 heteroatoms. The predicted molar refractivity (Wildman–Crippen MR) is 72.1 cm³/mol. The van der Waals surface area contributed by atoms with E-state index in [2.05, 4.69) is 22.9 Å². The standard InChI is InChI=1S/C14H23N3/c1-3-4-10-17(12-7-8-12)14-13(11(2)15)6-5-9-16-14/h5-6,9,11-12H,3-4,7-8,10,15H2,1-2H3/t11-/m1/s1. The second kappa shape index (κ2) is 5.50. The highest BCUT2D eigenvalue weighted by Crippen LogP contribution is 2.33. The molecule has 1 heterocycles. The molecule has 0 bridgehead atoms. The molecule has 1 aliphatic carbocycles. The fraction of sp³-hybridized carbons (Fsp3) is 0.643. The second-order valence-corrected chi connectivity index (χ2v) is 4.98. The SMILES string of the molecule is CCCCN(c1ncccc1[C@@H](C)N)C1CC1. The summed E-state index contributed by atoms with van der Waals surface area (Å²) in [6, 6.07) is 4.84. The van der Waals surface area contributed by atoms with E-state index in [0.29, 0.717) is 6.04 Å². The lowest BCUT2D eigenvalue weighted by atomic mass is 10.1. The summed E-state index contributed by atoms with van der Waals surface area (Å²) in [5.41, 5.74) is 7.21. The number of unbranched alkanes of at least 4 members (excludes halogenated alkanes) is 1. The number of aromatic nitrogens is 1. The number of rotatable bonds is 6. The van der Waals surface area contributed by atoms with Crippen LogP contribution in [0.5, 0.6) is 0 Å². The van der Waals surface area contributed by atoms with Gasteiger partial charge >= 0.3 is 0 Å². The van der Waals surface area contributed by atoms with Gasteiger partial charge in [0, 0.05) is 30.4 Å². The van der Waals surface area contributed by atoms with E-state index in [1.54, 1.807) is 0 Å². The molecule has 1 saturated carbocycles. The highest BCUT2D eigenvalue weighted by molar-refractivity contribution is 5.50. The number of hydrogen-bond donors (Lipinski definition) is 1. The molecular weight excluding hydrogens is 210 g/mol. The van der Waals surface area contributed by atoms with Crippen molar-refractivity contribution in [2.75, 3.05) is 11.4 Å². The zero-order valence-corrected chi connectivity index (χ0v) is 10.9. The summed E-state index contributed by atoms with van der Waals surface area (Å²) in [6.45, 7) is 5.37. The van der Waals surface area contributed by atoms with Crippen LogP contribution in [0.4, 0.5) is 5.82 Å². The van der Waals surface area contributed by atoms with Crippen LogP contribution in [0.25, 0.3) is 0 Å². The monoisotopic (exact) mass is 233 g/mol. The predicted octanol–water partition coefficient (Wildman–Crippen LogP) is 2.87. The first-order valence-corrected chi connectivity index (χ1v) is 6.71. The van der Waals surface area contributed by atoms with Crippen LogP contribution in [0.2, 0.25) is 0 Å². The molecule has 2 rings (SSSR count). The van der Waals surface area contributed by atoms with Crippen molar-refractivity contribution in [2.24, 2.45) is 5.73 Å². The lowest BCUT2D eigenvalue weighted by molar-refractivity contribution is 0.691. The van der Waals surface area contributed by atoms with Crippen molar-refractivity contribution in [1.29, 1.82) is 0 Å². The summed E-state index contributed by atoms with van der Waals surface area (Å²) >= 11 is 0. The second-order valence-electron chi connectivity index (χ2n) is 4.98. The van der Waals surface area contributed by atoms with Crippen LogP contribution in [-0.2, 0) is 0 Å². The maximum atomic E-state index is 6.03. The maximum Gasteiger partial charge on any atom is 0.133 e. The van der Waals surface area contributed by atoms with E-state index in [1.165, 1.54) is 31.2 Å². The lowest BCUT2D eigenvalue weighted by Gasteiger charge is -2.26. The van der Waals surface area contributed by atoms with Gasteiger partial charge in [0.25, 0.3) is 0 Å². The molecule has 94 valence electrons. The molecule has 2 N–H and O–H groups in total. The third-order valence-electron chi connectivity index (χ3n) is 3.32. The third kappa shape index (κ3) is 2.97. The van der Waals surface area contributed by atoms with Crippen molar-refractivity contribution in [3.05, 3.63) is 23.9 Å². The lowest BCUT2D eigenvalue weighted by Crippen LogP contribution is -2.29. The van der Waals surface area contributed by atoms with Crippen LogP contribution in [0.3, 0.4) is 0 Å². The molecule has 0 unspecified atom stereocenters. The van der Waals surface area contributed by atoms with Crippen molar-refractivity contribution in [3.63, 3.8) is 0 Å². The van der Waals surface area contributed by atoms with E-state index >= 15 is 0 Å². The fourth-order valence-corrected chi connectivity index (χ4v) is 2.18. The van der Waals surface area contributed by atoms with Gasteiger partial charge in [0.2, 0.25) is 0 Å². The van der Waals surface area contributed by atoms with E-state index < -0.39 is 0 Å². The minimum atomic E-state index is 0.0570. The van der Waals surface area contributed by atoms with Crippen LogP contribution in [0, 0.1) is 0 Å². The van der Waals surface area contributed by atoms with E-state index in [9.17, 15) is 0 Å². The maximum absolute atomic E-state index is 6.03. The number of nitrogens with two attached hydrogens (primary N) is 1. The van der Waals surface area contributed by atoms with Gasteiger partial charge in [-0.05, 0) is 32.3 Å². The zero-order valence-electron chi connectivity index (χ0n) is 10.9. The minimum absolute atomic E-state index is 0.0570. The van der Waals surface area contributed by atoms with Gasteiger partial charge in [-0.25, -0.2) is 4.98 Å². The van der Waals surface area contributed by atoms with Crippen LogP contribution in [-0.4, -0.2) is 17.6 Å². The van der Waals surface area contributed by atoms with Crippen molar-refractivity contribution in [2.45, 2.75) is 51.6 Å². The number of nitrogens with zero attached hydrogens (tertiary/aromatic N) is 2. The molecule has 1 aliphatic rings. The van der Waals surface area contributed by atoms with Crippen LogP contribution >= 0.6 is 0 Å². The van der Waals surface area contributed by atoms with Crippen molar-refractivity contribution in [1.82, 2.24) is 4.98 Å². The van der Waals surface area contributed by atoms with Crippen LogP contribution < -0.4 is 10.6 Å². The van der Waals surface area contributed by atoms with Crippen molar-refractivity contribution >= 4 is 5.82 Å². The van der Waals surface area contributed by atoms with Gasteiger partial charge in [-0.3, -0.25) is 0 Å². The molecule has 1 aromatic rings. The summed E-state index contributed by atoms with van der Waals surface area (Å²) in [6.07, 6.45) is 6.94. The molecule has 0 saturated heterocycles. The normalized spacial score (nSPS) is 16.9. The number of anilines is 1. The van der Waals surface area contributed by atoms with E-state index in [4.69, 9.17) is 5.73 Å². The molecule has 3 nitrogen and oxygen atoms in total. The average molecular weight is 233 g/mol. The van der Waals surface area contributed by atoms with Gasteiger partial charge in [0.15, 0.2) is 0 Å². The minimum Gasteiger partial charge on any atom is -0.353 e. The molecule has 17 heavy (non-hydrogen) atoms. The largest absolute Gasteiger partial charge is 0.353 e. The Bertz CT molecular complexity index is 358. The summed E-state index contributed by atoms with van der Waals surface area (Å²) in [5.74, 6) is 1.11. The Labute approximate surface area is 104 Å². The van der Waals surface area contributed by atoms with Gasteiger partial charge in [-0.2, -0.15) is 0 Å². The quantitative estimate of drug-likeness (QED) is 0.821. The molecule has 0 aliphatic heterocycles. The topological polar surface area (TPSA) is 42.2 Å². The molecule has 0 radical (unpaired) electrons. The molecule has 1 atom stereocenters. The van der Waals surface area contributed by atoms with Crippen molar-refractivity contribution < 1.29 is 0 Å². The highest BCUT2D eigenvalue weighted by Gasteiger charge is 2.31. The van der Waals surface area contributed by atoms with E-state index in [1.807, 2.05) is 19.2 Å². The fourth-order valence-electron chi connectivity index (χ4n) is 2.18. The molecule has 1 aromatic heterocycles. The molecule has 0 spiro atoms. The van der Waals surface area contributed by atoms with Crippen LogP contribution in [0.15, 0.2) is 18.3 Å². The van der Waals surface area contributed by atoms with E-state index in [0.717, 1.165) is 12.4 Å². The average Bonchev–Trinajstić information content (AvgIpc) is 3.14.